The summed E-state index contributed by atoms with van der Waals surface area (Å²) in [7, 11) is 0. The molecule has 1 heterocycles. The van der Waals surface area contributed by atoms with Crippen LogP contribution in [-0.2, 0) is 14.3 Å². The van der Waals surface area contributed by atoms with Crippen LogP contribution in [0.5, 0.6) is 0 Å². The number of amides is 1. The van der Waals surface area contributed by atoms with Crippen molar-refractivity contribution in [2.24, 2.45) is 0 Å². The molecule has 10 nitrogen and oxygen atoms in total. The predicted molar refractivity (Wildman–Crippen MR) is 236 cm³/mol. The molecule has 1 aliphatic heterocycles. The number of carbonyl (C=O) groups is 1. The lowest BCUT2D eigenvalue weighted by molar-refractivity contribution is -0.302. The molecule has 0 bridgehead atoms. The van der Waals surface area contributed by atoms with Gasteiger partial charge < -0.3 is 45.4 Å². The first kappa shape index (κ1) is 54.6. The number of ether oxygens (including phenoxy) is 2. The summed E-state index contributed by atoms with van der Waals surface area (Å²) in [6, 6.07) is -0.979. The van der Waals surface area contributed by atoms with Crippen LogP contribution < -0.4 is 5.32 Å². The van der Waals surface area contributed by atoms with Crippen LogP contribution in [-0.4, -0.2) is 98.7 Å². The predicted octanol–water partition coefficient (Wildman–Crippen LogP) is 9.25. The van der Waals surface area contributed by atoms with Gasteiger partial charge in [0.1, 0.15) is 30.5 Å². The van der Waals surface area contributed by atoms with Gasteiger partial charge in [-0.1, -0.05) is 192 Å². The van der Waals surface area contributed by atoms with E-state index in [1.54, 1.807) is 6.08 Å². The molecule has 0 saturated carbocycles. The molecular weight excluding hydrogens is 735 g/mol. The van der Waals surface area contributed by atoms with Crippen molar-refractivity contribution in [1.82, 2.24) is 5.32 Å². The fourth-order valence-corrected chi connectivity index (χ4v) is 7.63. The number of hydrogen-bond acceptors (Lipinski definition) is 9. The quantitative estimate of drug-likeness (QED) is 0.0235. The molecule has 0 spiro atoms. The lowest BCUT2D eigenvalue weighted by Crippen LogP contribution is -2.60. The summed E-state index contributed by atoms with van der Waals surface area (Å²) in [5.74, 6) is -0.621. The molecule has 1 amide bonds. The SMILES string of the molecule is CCCCCCCCCCCC/C=C/C(O)C(COC1OC(CO)C(O)C(O)C1O)NC(=O)C(O)CCCCCCCC/C=C\CCCCCCCCCCCCC. The van der Waals surface area contributed by atoms with E-state index in [1.807, 2.05) is 6.08 Å². The van der Waals surface area contributed by atoms with E-state index in [2.05, 4.69) is 31.3 Å². The second kappa shape index (κ2) is 38.5. The Labute approximate surface area is 354 Å². The highest BCUT2D eigenvalue weighted by atomic mass is 16.7. The molecule has 0 aromatic heterocycles. The fourth-order valence-electron chi connectivity index (χ4n) is 7.63. The van der Waals surface area contributed by atoms with Gasteiger partial charge in [0.15, 0.2) is 6.29 Å². The third-order valence-electron chi connectivity index (χ3n) is 11.6. The second-order valence-corrected chi connectivity index (χ2v) is 17.0. The summed E-state index contributed by atoms with van der Waals surface area (Å²) in [6.45, 7) is 3.60. The van der Waals surface area contributed by atoms with Gasteiger partial charge in [-0.3, -0.25) is 4.79 Å². The highest BCUT2D eigenvalue weighted by Crippen LogP contribution is 2.23. The zero-order valence-electron chi connectivity index (χ0n) is 37.2. The Bertz CT molecular complexity index is 979. The Balaban J connectivity index is 2.35. The first-order chi connectivity index (χ1) is 28.3. The zero-order chi connectivity index (χ0) is 42.5. The summed E-state index contributed by atoms with van der Waals surface area (Å²) in [6.07, 6.45) is 35.5. The van der Waals surface area contributed by atoms with Crippen LogP contribution in [0.25, 0.3) is 0 Å². The van der Waals surface area contributed by atoms with Gasteiger partial charge in [0.2, 0.25) is 5.91 Å². The first-order valence-electron chi connectivity index (χ1n) is 24.2. The number of carbonyl (C=O) groups excluding carboxylic acids is 1. The topological polar surface area (TPSA) is 169 Å². The number of aliphatic hydroxyl groups is 6. The van der Waals surface area contributed by atoms with E-state index < -0.39 is 61.5 Å². The van der Waals surface area contributed by atoms with Crippen LogP contribution in [0, 0.1) is 0 Å². The van der Waals surface area contributed by atoms with Crippen LogP contribution in [0.2, 0.25) is 0 Å². The summed E-state index contributed by atoms with van der Waals surface area (Å²) < 4.78 is 11.1. The highest BCUT2D eigenvalue weighted by molar-refractivity contribution is 5.80. The van der Waals surface area contributed by atoms with Crippen molar-refractivity contribution in [3.63, 3.8) is 0 Å². The zero-order valence-corrected chi connectivity index (χ0v) is 37.2. The van der Waals surface area contributed by atoms with Gasteiger partial charge >= 0.3 is 0 Å². The Morgan fingerprint density at radius 2 is 1.00 bits per heavy atom. The number of hydrogen-bond donors (Lipinski definition) is 7. The van der Waals surface area contributed by atoms with E-state index in [0.717, 1.165) is 44.9 Å². The molecule has 8 unspecified atom stereocenters. The van der Waals surface area contributed by atoms with Crippen molar-refractivity contribution >= 4 is 5.91 Å². The number of rotatable bonds is 40. The Kier molecular flexibility index (Phi) is 36.3. The maximum atomic E-state index is 13.0. The van der Waals surface area contributed by atoms with Crippen molar-refractivity contribution in [3.8, 4) is 0 Å². The van der Waals surface area contributed by atoms with Crippen molar-refractivity contribution in [3.05, 3.63) is 24.3 Å². The Hall–Kier alpha value is -1.37. The van der Waals surface area contributed by atoms with Crippen molar-refractivity contribution < 1.29 is 44.9 Å². The standard InChI is InChI=1S/C48H91NO9/c1-3-5-7-9-11-13-15-17-18-19-20-21-22-23-24-25-27-29-31-33-35-37-42(52)47(56)49-40(39-57-48-46(55)45(54)44(53)43(38-50)58-48)41(51)36-34-32-30-28-26-16-14-12-10-8-6-4-2/h22-23,34,36,40-46,48,50-55H,3-21,24-33,35,37-39H2,1-2H3,(H,49,56)/b23-22-,36-34+. The summed E-state index contributed by atoms with van der Waals surface area (Å²) in [4.78, 5) is 13.0. The smallest absolute Gasteiger partial charge is 0.249 e. The van der Waals surface area contributed by atoms with E-state index >= 15 is 0 Å². The fraction of sp³-hybridized carbons (Fsp3) is 0.896. The molecule has 7 N–H and O–H groups in total. The maximum absolute atomic E-state index is 13.0. The number of nitrogens with one attached hydrogen (secondary N) is 1. The summed E-state index contributed by atoms with van der Waals surface area (Å²) in [5, 5.41) is 64.6. The first-order valence-corrected chi connectivity index (χ1v) is 24.2. The Morgan fingerprint density at radius 3 is 1.45 bits per heavy atom. The van der Waals surface area contributed by atoms with Crippen molar-refractivity contribution in [2.45, 2.75) is 262 Å². The van der Waals surface area contributed by atoms with E-state index in [4.69, 9.17) is 9.47 Å². The van der Waals surface area contributed by atoms with E-state index in [9.17, 15) is 35.4 Å². The van der Waals surface area contributed by atoms with Gasteiger partial charge in [-0.2, -0.15) is 0 Å². The minimum absolute atomic E-state index is 0.304. The van der Waals surface area contributed by atoms with Gasteiger partial charge in [0, 0.05) is 0 Å². The van der Waals surface area contributed by atoms with Crippen LogP contribution in [0.15, 0.2) is 24.3 Å². The number of aliphatic hydroxyl groups excluding tert-OH is 6. The van der Waals surface area contributed by atoms with Crippen LogP contribution >= 0.6 is 0 Å². The molecule has 0 aromatic carbocycles. The van der Waals surface area contributed by atoms with Crippen LogP contribution in [0.4, 0.5) is 0 Å². The maximum Gasteiger partial charge on any atom is 0.249 e. The number of allylic oxidation sites excluding steroid dienone is 3. The van der Waals surface area contributed by atoms with E-state index in [0.29, 0.717) is 12.8 Å². The molecule has 342 valence electrons. The molecule has 1 aliphatic rings. The van der Waals surface area contributed by atoms with Crippen molar-refractivity contribution in [1.29, 1.82) is 0 Å². The molecule has 10 heteroatoms. The minimum Gasteiger partial charge on any atom is -0.394 e. The largest absolute Gasteiger partial charge is 0.394 e. The summed E-state index contributed by atoms with van der Waals surface area (Å²) in [5.41, 5.74) is 0. The van der Waals surface area contributed by atoms with Crippen molar-refractivity contribution in [2.75, 3.05) is 13.2 Å². The lowest BCUT2D eigenvalue weighted by Gasteiger charge is -2.40. The molecule has 8 atom stereocenters. The van der Waals surface area contributed by atoms with Gasteiger partial charge in [-0.25, -0.2) is 0 Å². The second-order valence-electron chi connectivity index (χ2n) is 17.0. The molecule has 1 rings (SSSR count). The van der Waals surface area contributed by atoms with Gasteiger partial charge in [-0.15, -0.1) is 0 Å². The number of unbranched alkanes of at least 4 members (excludes halogenated alkanes) is 27. The lowest BCUT2D eigenvalue weighted by atomic mass is 9.99. The van der Waals surface area contributed by atoms with E-state index in [1.165, 1.54) is 141 Å². The molecule has 0 aliphatic carbocycles. The third kappa shape index (κ3) is 28.2. The normalized spacial score (nSPS) is 21.6. The average Bonchev–Trinajstić information content (AvgIpc) is 3.22. The van der Waals surface area contributed by atoms with Crippen LogP contribution in [0.1, 0.15) is 213 Å². The van der Waals surface area contributed by atoms with Crippen LogP contribution in [0.3, 0.4) is 0 Å². The monoisotopic (exact) mass is 826 g/mol. The minimum atomic E-state index is -1.61. The van der Waals surface area contributed by atoms with Gasteiger partial charge in [0.25, 0.3) is 0 Å². The third-order valence-corrected chi connectivity index (χ3v) is 11.6. The van der Waals surface area contributed by atoms with Gasteiger partial charge in [0.05, 0.1) is 25.4 Å². The Morgan fingerprint density at radius 1 is 0.586 bits per heavy atom. The van der Waals surface area contributed by atoms with E-state index in [-0.39, 0.29) is 6.61 Å². The highest BCUT2D eigenvalue weighted by Gasteiger charge is 2.44. The summed E-state index contributed by atoms with van der Waals surface area (Å²) >= 11 is 0. The molecule has 58 heavy (non-hydrogen) atoms. The average molecular weight is 826 g/mol. The molecular formula is C48H91NO9. The molecule has 1 fully saturated rings. The molecule has 1 saturated heterocycles. The molecule has 0 aromatic rings. The molecule has 0 radical (unpaired) electrons. The van der Waals surface area contributed by atoms with Gasteiger partial charge in [-0.05, 0) is 44.9 Å².